The van der Waals surface area contributed by atoms with Crippen molar-refractivity contribution in [2.24, 2.45) is 5.73 Å². The Balaban J connectivity index is 2.16. The molecule has 6 heteroatoms. The number of nitrogens with one attached hydrogen (secondary N) is 1. The van der Waals surface area contributed by atoms with E-state index in [0.717, 1.165) is 11.6 Å². The zero-order valence-corrected chi connectivity index (χ0v) is 11.9. The van der Waals surface area contributed by atoms with Gasteiger partial charge in [0.25, 0.3) is 0 Å². The molecule has 0 aliphatic carbocycles. The number of rotatable bonds is 5. The summed E-state index contributed by atoms with van der Waals surface area (Å²) in [7, 11) is 0. The quantitative estimate of drug-likeness (QED) is 0.833. The minimum atomic E-state index is -0.623. The van der Waals surface area contributed by atoms with Crippen LogP contribution in [0.1, 0.15) is 11.1 Å². The molecule has 1 heterocycles. The molecule has 0 unspecified atom stereocenters. The summed E-state index contributed by atoms with van der Waals surface area (Å²) >= 11 is 5.82. The lowest BCUT2D eigenvalue weighted by molar-refractivity contribution is 0.615. The summed E-state index contributed by atoms with van der Waals surface area (Å²) in [6.45, 7) is 0.313. The van der Waals surface area contributed by atoms with Crippen LogP contribution in [0.4, 0.5) is 10.2 Å². The van der Waals surface area contributed by atoms with Gasteiger partial charge in [-0.3, -0.25) is 0 Å². The summed E-state index contributed by atoms with van der Waals surface area (Å²) < 4.78 is 13.9. The number of aromatic nitrogens is 1. The SMILES string of the molecule is N#Cc1cc(F)c(N[C@@H](CN)Cc2ccccc2)nc1Cl. The molecule has 0 saturated carbocycles. The van der Waals surface area contributed by atoms with Gasteiger partial charge in [0.15, 0.2) is 11.6 Å². The molecular weight excluding hydrogens is 291 g/mol. The van der Waals surface area contributed by atoms with Gasteiger partial charge in [-0.15, -0.1) is 0 Å². The van der Waals surface area contributed by atoms with E-state index in [1.807, 2.05) is 30.3 Å². The van der Waals surface area contributed by atoms with E-state index >= 15 is 0 Å². The van der Waals surface area contributed by atoms with E-state index in [2.05, 4.69) is 10.3 Å². The van der Waals surface area contributed by atoms with Crippen molar-refractivity contribution in [2.45, 2.75) is 12.5 Å². The van der Waals surface area contributed by atoms with Crippen LogP contribution in [0.5, 0.6) is 0 Å². The first-order valence-corrected chi connectivity index (χ1v) is 6.78. The molecule has 1 atom stereocenters. The molecule has 0 fully saturated rings. The lowest BCUT2D eigenvalue weighted by Crippen LogP contribution is -2.31. The number of halogens is 2. The van der Waals surface area contributed by atoms with Gasteiger partial charge in [-0.1, -0.05) is 41.9 Å². The summed E-state index contributed by atoms with van der Waals surface area (Å²) in [5.41, 5.74) is 6.81. The molecule has 1 aromatic carbocycles. The van der Waals surface area contributed by atoms with Gasteiger partial charge in [0.05, 0.1) is 5.56 Å². The molecule has 0 aliphatic heterocycles. The van der Waals surface area contributed by atoms with Gasteiger partial charge < -0.3 is 11.1 Å². The molecule has 2 rings (SSSR count). The molecule has 0 amide bonds. The first-order chi connectivity index (χ1) is 10.1. The first-order valence-electron chi connectivity index (χ1n) is 6.40. The van der Waals surface area contributed by atoms with Gasteiger partial charge >= 0.3 is 0 Å². The number of anilines is 1. The number of benzene rings is 1. The van der Waals surface area contributed by atoms with Crippen molar-refractivity contribution >= 4 is 17.4 Å². The van der Waals surface area contributed by atoms with Crippen molar-refractivity contribution in [3.8, 4) is 6.07 Å². The second-order valence-electron chi connectivity index (χ2n) is 4.54. The number of hydrogen-bond acceptors (Lipinski definition) is 4. The third-order valence-corrected chi connectivity index (χ3v) is 3.29. The summed E-state index contributed by atoms with van der Waals surface area (Å²) in [5, 5.41) is 11.7. The average molecular weight is 305 g/mol. The fourth-order valence-electron chi connectivity index (χ4n) is 1.93. The monoisotopic (exact) mass is 304 g/mol. The van der Waals surface area contributed by atoms with Crippen LogP contribution in [0, 0.1) is 17.1 Å². The zero-order valence-electron chi connectivity index (χ0n) is 11.2. The molecule has 4 nitrogen and oxygen atoms in total. The third kappa shape index (κ3) is 3.91. The largest absolute Gasteiger partial charge is 0.363 e. The average Bonchev–Trinajstić information content (AvgIpc) is 2.50. The van der Waals surface area contributed by atoms with Crippen LogP contribution in [0.15, 0.2) is 36.4 Å². The van der Waals surface area contributed by atoms with Crippen LogP contribution in [0.2, 0.25) is 5.15 Å². The molecule has 0 spiro atoms. The van der Waals surface area contributed by atoms with Crippen LogP contribution in [0.3, 0.4) is 0 Å². The number of nitriles is 1. The highest BCUT2D eigenvalue weighted by Gasteiger charge is 2.14. The molecule has 0 saturated heterocycles. The van der Waals surface area contributed by atoms with Gasteiger partial charge in [-0.25, -0.2) is 9.37 Å². The van der Waals surface area contributed by atoms with E-state index in [-0.39, 0.29) is 22.6 Å². The summed E-state index contributed by atoms with van der Waals surface area (Å²) in [5.74, 6) is -0.618. The van der Waals surface area contributed by atoms with Crippen LogP contribution in [0.25, 0.3) is 0 Å². The fraction of sp³-hybridized carbons (Fsp3) is 0.200. The van der Waals surface area contributed by atoms with Crippen molar-refractivity contribution in [1.29, 1.82) is 5.26 Å². The predicted octanol–water partition coefficient (Wildman–Crippen LogP) is 2.73. The van der Waals surface area contributed by atoms with Gasteiger partial charge in [-0.2, -0.15) is 5.26 Å². The number of nitrogens with zero attached hydrogens (tertiary/aromatic N) is 2. The van der Waals surface area contributed by atoms with Crippen molar-refractivity contribution in [1.82, 2.24) is 4.98 Å². The molecular formula is C15H14ClFN4. The maximum Gasteiger partial charge on any atom is 0.166 e. The Morgan fingerprint density at radius 3 is 2.71 bits per heavy atom. The van der Waals surface area contributed by atoms with Gasteiger partial charge in [0, 0.05) is 12.6 Å². The van der Waals surface area contributed by atoms with E-state index in [0.29, 0.717) is 13.0 Å². The van der Waals surface area contributed by atoms with E-state index in [1.54, 1.807) is 6.07 Å². The highest BCUT2D eigenvalue weighted by atomic mass is 35.5. The van der Waals surface area contributed by atoms with E-state index in [4.69, 9.17) is 22.6 Å². The topological polar surface area (TPSA) is 74.7 Å². The minimum Gasteiger partial charge on any atom is -0.363 e. The predicted molar refractivity (Wildman–Crippen MR) is 80.5 cm³/mol. The van der Waals surface area contributed by atoms with Gasteiger partial charge in [-0.05, 0) is 18.1 Å². The summed E-state index contributed by atoms with van der Waals surface area (Å²) in [4.78, 5) is 3.87. The smallest absolute Gasteiger partial charge is 0.166 e. The lowest BCUT2D eigenvalue weighted by atomic mass is 10.1. The molecule has 2 aromatic rings. The van der Waals surface area contributed by atoms with Crippen LogP contribution >= 0.6 is 11.6 Å². The highest BCUT2D eigenvalue weighted by Crippen LogP contribution is 2.20. The standard InChI is InChI=1S/C15H14ClFN4/c16-14-11(8-18)7-13(17)15(21-14)20-12(9-19)6-10-4-2-1-3-5-10/h1-5,7,12H,6,9,19H2,(H,20,21)/t12-/m1/s1. The Morgan fingerprint density at radius 2 is 2.10 bits per heavy atom. The van der Waals surface area contributed by atoms with Crippen molar-refractivity contribution in [3.63, 3.8) is 0 Å². The van der Waals surface area contributed by atoms with Crippen LogP contribution < -0.4 is 11.1 Å². The fourth-order valence-corrected chi connectivity index (χ4v) is 2.11. The van der Waals surface area contributed by atoms with Crippen molar-refractivity contribution < 1.29 is 4.39 Å². The van der Waals surface area contributed by atoms with E-state index in [1.165, 1.54) is 0 Å². The molecule has 0 bridgehead atoms. The number of nitrogens with two attached hydrogens (primary N) is 1. The second kappa shape index (κ2) is 7.02. The zero-order chi connectivity index (χ0) is 15.2. The Labute approximate surface area is 127 Å². The van der Waals surface area contributed by atoms with Crippen LogP contribution in [-0.4, -0.2) is 17.6 Å². The third-order valence-electron chi connectivity index (χ3n) is 3.00. The Morgan fingerprint density at radius 1 is 1.38 bits per heavy atom. The molecule has 0 aliphatic rings. The molecule has 21 heavy (non-hydrogen) atoms. The molecule has 0 radical (unpaired) electrons. The maximum absolute atomic E-state index is 13.9. The van der Waals surface area contributed by atoms with Gasteiger partial charge in [0.2, 0.25) is 0 Å². The maximum atomic E-state index is 13.9. The highest BCUT2D eigenvalue weighted by molar-refractivity contribution is 6.30. The first kappa shape index (κ1) is 15.2. The van der Waals surface area contributed by atoms with E-state index < -0.39 is 5.82 Å². The normalized spacial score (nSPS) is 11.7. The summed E-state index contributed by atoms with van der Waals surface area (Å²) in [6.07, 6.45) is 0.635. The Hall–Kier alpha value is -2.16. The number of hydrogen-bond donors (Lipinski definition) is 2. The minimum absolute atomic E-state index is 0.00498. The molecule has 1 aromatic heterocycles. The second-order valence-corrected chi connectivity index (χ2v) is 4.89. The van der Waals surface area contributed by atoms with Gasteiger partial charge in [0.1, 0.15) is 11.2 Å². The van der Waals surface area contributed by atoms with Crippen LogP contribution in [-0.2, 0) is 6.42 Å². The Kier molecular flexibility index (Phi) is 5.09. The Bertz CT molecular complexity index is 655. The van der Waals surface area contributed by atoms with E-state index in [9.17, 15) is 4.39 Å². The summed E-state index contributed by atoms with van der Waals surface area (Å²) in [6, 6.07) is 12.4. The van der Waals surface area contributed by atoms with Crippen molar-refractivity contribution in [3.05, 3.63) is 58.5 Å². The lowest BCUT2D eigenvalue weighted by Gasteiger charge is -2.18. The van der Waals surface area contributed by atoms with Crippen molar-refractivity contribution in [2.75, 3.05) is 11.9 Å². The molecule has 108 valence electrons. The number of pyridine rings is 1. The molecule has 3 N–H and O–H groups in total.